The summed E-state index contributed by atoms with van der Waals surface area (Å²) in [4.78, 5) is 11.6. The number of amides is 1. The molecular weight excluding hydrogens is 290 g/mol. The number of carbonyl (C=O) groups excluding carboxylic acids is 1. The Morgan fingerprint density at radius 2 is 2.04 bits per heavy atom. The van der Waals surface area contributed by atoms with Crippen LogP contribution in [-0.4, -0.2) is 22.8 Å². The number of nitrogens with zero attached hydrogens (tertiary/aromatic N) is 1. The van der Waals surface area contributed by atoms with Crippen molar-refractivity contribution < 1.29 is 9.53 Å². The van der Waals surface area contributed by atoms with Crippen LogP contribution in [0.4, 0.5) is 4.79 Å². The summed E-state index contributed by atoms with van der Waals surface area (Å²) in [5.74, 6) is 5.91. The molecule has 5 heteroatoms. The van der Waals surface area contributed by atoms with Crippen molar-refractivity contribution in [3.8, 4) is 11.8 Å². The first-order valence-corrected chi connectivity index (χ1v) is 7.18. The number of nitrogens with one attached hydrogen (secondary N) is 2. The molecule has 0 saturated carbocycles. The van der Waals surface area contributed by atoms with Crippen molar-refractivity contribution in [1.82, 2.24) is 15.5 Å². The summed E-state index contributed by atoms with van der Waals surface area (Å²) >= 11 is 0. The predicted molar refractivity (Wildman–Crippen MR) is 87.6 cm³/mol. The highest BCUT2D eigenvalue weighted by molar-refractivity contribution is 5.83. The van der Waals surface area contributed by atoms with Crippen molar-refractivity contribution in [1.29, 1.82) is 0 Å². The maximum absolute atomic E-state index is 11.6. The lowest BCUT2D eigenvalue weighted by Gasteiger charge is -2.04. The van der Waals surface area contributed by atoms with Crippen LogP contribution in [0.2, 0.25) is 0 Å². The van der Waals surface area contributed by atoms with Gasteiger partial charge in [0.2, 0.25) is 0 Å². The highest BCUT2D eigenvalue weighted by atomic mass is 16.5. The third-order valence-electron chi connectivity index (χ3n) is 3.23. The van der Waals surface area contributed by atoms with E-state index in [0.29, 0.717) is 0 Å². The molecule has 0 aliphatic rings. The summed E-state index contributed by atoms with van der Waals surface area (Å²) in [5, 5.41) is 10.5. The van der Waals surface area contributed by atoms with E-state index in [4.69, 9.17) is 4.74 Å². The lowest BCUT2D eigenvalue weighted by Crippen LogP contribution is -2.24. The molecule has 0 unspecified atom stereocenters. The maximum atomic E-state index is 11.6. The van der Waals surface area contributed by atoms with E-state index in [1.807, 2.05) is 48.5 Å². The van der Waals surface area contributed by atoms with E-state index in [1.54, 1.807) is 6.20 Å². The Bertz CT molecular complexity index is 860. The van der Waals surface area contributed by atoms with Gasteiger partial charge in [-0.15, -0.1) is 0 Å². The molecule has 23 heavy (non-hydrogen) atoms. The second-order valence-electron chi connectivity index (χ2n) is 4.86. The largest absolute Gasteiger partial charge is 0.445 e. The molecular formula is C18H15N3O2. The van der Waals surface area contributed by atoms with Gasteiger partial charge in [-0.1, -0.05) is 54.3 Å². The fraction of sp³-hybridized carbons (Fsp3) is 0.111. The van der Waals surface area contributed by atoms with Crippen LogP contribution in [0, 0.1) is 11.8 Å². The number of hydrogen-bond acceptors (Lipinski definition) is 3. The minimum atomic E-state index is -0.483. The Labute approximate surface area is 133 Å². The summed E-state index contributed by atoms with van der Waals surface area (Å²) in [6.07, 6.45) is 1.27. The maximum Gasteiger partial charge on any atom is 0.408 e. The van der Waals surface area contributed by atoms with Crippen LogP contribution in [0.25, 0.3) is 10.9 Å². The molecule has 114 valence electrons. The van der Waals surface area contributed by atoms with Crippen LogP contribution in [0.3, 0.4) is 0 Å². The lowest BCUT2D eigenvalue weighted by atomic mass is 10.1. The zero-order chi connectivity index (χ0) is 15.9. The number of rotatable bonds is 3. The highest BCUT2D eigenvalue weighted by Gasteiger charge is 2.01. The number of benzene rings is 2. The molecule has 0 aliphatic carbocycles. The number of hydrogen-bond donors (Lipinski definition) is 2. The first-order chi connectivity index (χ1) is 11.3. The minimum absolute atomic E-state index is 0.220. The quantitative estimate of drug-likeness (QED) is 0.731. The van der Waals surface area contributed by atoms with Crippen LogP contribution >= 0.6 is 0 Å². The number of fused-ring (bicyclic) bond motifs is 1. The molecule has 3 rings (SSSR count). The van der Waals surface area contributed by atoms with E-state index in [-0.39, 0.29) is 13.2 Å². The van der Waals surface area contributed by atoms with E-state index >= 15 is 0 Å². The molecule has 1 aromatic heterocycles. The SMILES string of the molecule is O=C(NCC#Cc1cccc2cn[nH]c12)OCc1ccccc1. The smallest absolute Gasteiger partial charge is 0.408 e. The summed E-state index contributed by atoms with van der Waals surface area (Å²) in [6.45, 7) is 0.464. The Kier molecular flexibility index (Phi) is 4.55. The predicted octanol–water partition coefficient (Wildman–Crippen LogP) is 2.84. The van der Waals surface area contributed by atoms with E-state index < -0.39 is 6.09 Å². The first-order valence-electron chi connectivity index (χ1n) is 7.18. The monoisotopic (exact) mass is 305 g/mol. The summed E-state index contributed by atoms with van der Waals surface area (Å²) < 4.78 is 5.10. The first kappa shape index (κ1) is 14.7. The zero-order valence-electron chi connectivity index (χ0n) is 12.4. The van der Waals surface area contributed by atoms with Crippen LogP contribution in [0.15, 0.2) is 54.7 Å². The molecule has 0 radical (unpaired) electrons. The molecule has 2 aromatic carbocycles. The van der Waals surface area contributed by atoms with E-state index in [1.165, 1.54) is 0 Å². The van der Waals surface area contributed by atoms with Gasteiger partial charge in [-0.05, 0) is 11.6 Å². The summed E-state index contributed by atoms with van der Waals surface area (Å²) in [5.41, 5.74) is 2.69. The van der Waals surface area contributed by atoms with Gasteiger partial charge < -0.3 is 10.1 Å². The van der Waals surface area contributed by atoms with Gasteiger partial charge in [0.05, 0.1) is 23.8 Å². The third-order valence-corrected chi connectivity index (χ3v) is 3.23. The fourth-order valence-electron chi connectivity index (χ4n) is 2.10. The molecule has 0 atom stereocenters. The second-order valence-corrected chi connectivity index (χ2v) is 4.86. The molecule has 1 amide bonds. The minimum Gasteiger partial charge on any atom is -0.445 e. The molecule has 0 aliphatic heterocycles. The van der Waals surface area contributed by atoms with Gasteiger partial charge in [0.25, 0.3) is 0 Å². The number of ether oxygens (including phenoxy) is 1. The average Bonchev–Trinajstić information content (AvgIpc) is 3.07. The molecule has 0 bridgehead atoms. The molecule has 0 spiro atoms. The van der Waals surface area contributed by atoms with Crippen molar-refractivity contribution >= 4 is 17.0 Å². The fourth-order valence-corrected chi connectivity index (χ4v) is 2.10. The van der Waals surface area contributed by atoms with Crippen molar-refractivity contribution in [2.75, 3.05) is 6.54 Å². The Morgan fingerprint density at radius 1 is 1.17 bits per heavy atom. The molecule has 5 nitrogen and oxygen atoms in total. The number of aromatic amines is 1. The normalized spacial score (nSPS) is 9.91. The van der Waals surface area contributed by atoms with Crippen molar-refractivity contribution in [2.45, 2.75) is 6.61 Å². The third kappa shape index (κ3) is 3.89. The van der Waals surface area contributed by atoms with Gasteiger partial charge >= 0.3 is 6.09 Å². The molecule has 0 fully saturated rings. The number of aromatic nitrogens is 2. The second kappa shape index (κ2) is 7.14. The Balaban J connectivity index is 1.50. The van der Waals surface area contributed by atoms with Gasteiger partial charge in [0.15, 0.2) is 0 Å². The van der Waals surface area contributed by atoms with Crippen molar-refractivity contribution in [2.24, 2.45) is 0 Å². The van der Waals surface area contributed by atoms with Crippen LogP contribution < -0.4 is 5.32 Å². The summed E-state index contributed by atoms with van der Waals surface area (Å²) in [6, 6.07) is 15.3. The van der Waals surface area contributed by atoms with Crippen molar-refractivity contribution in [3.05, 3.63) is 65.9 Å². The molecule has 2 N–H and O–H groups in total. The molecule has 3 aromatic rings. The molecule has 1 heterocycles. The highest BCUT2D eigenvalue weighted by Crippen LogP contribution is 2.13. The van der Waals surface area contributed by atoms with Crippen LogP contribution in [-0.2, 0) is 11.3 Å². The topological polar surface area (TPSA) is 67.0 Å². The Hall–Kier alpha value is -3.26. The lowest BCUT2D eigenvalue weighted by molar-refractivity contribution is 0.141. The zero-order valence-corrected chi connectivity index (χ0v) is 12.4. The van der Waals surface area contributed by atoms with Crippen LogP contribution in [0.5, 0.6) is 0 Å². The Morgan fingerprint density at radius 3 is 2.91 bits per heavy atom. The number of para-hydroxylation sites is 1. The average molecular weight is 305 g/mol. The van der Waals surface area contributed by atoms with Gasteiger partial charge in [-0.25, -0.2) is 4.79 Å². The van der Waals surface area contributed by atoms with Gasteiger partial charge in [-0.3, -0.25) is 5.10 Å². The number of H-pyrrole nitrogens is 1. The molecule has 0 saturated heterocycles. The number of carbonyl (C=O) groups is 1. The van der Waals surface area contributed by atoms with Gasteiger partial charge in [0.1, 0.15) is 6.61 Å². The summed E-state index contributed by atoms with van der Waals surface area (Å²) in [7, 11) is 0. The van der Waals surface area contributed by atoms with Gasteiger partial charge in [-0.2, -0.15) is 5.10 Å². The number of alkyl carbamates (subject to hydrolysis) is 1. The van der Waals surface area contributed by atoms with E-state index in [2.05, 4.69) is 27.4 Å². The van der Waals surface area contributed by atoms with Gasteiger partial charge in [0, 0.05) is 5.39 Å². The van der Waals surface area contributed by atoms with E-state index in [0.717, 1.165) is 22.0 Å². The van der Waals surface area contributed by atoms with Crippen LogP contribution in [0.1, 0.15) is 11.1 Å². The van der Waals surface area contributed by atoms with Crippen molar-refractivity contribution in [3.63, 3.8) is 0 Å². The van der Waals surface area contributed by atoms with E-state index in [9.17, 15) is 4.79 Å². The standard InChI is InChI=1S/C18H15N3O2/c22-18(23-13-14-6-2-1-3-7-14)19-11-5-10-15-8-4-9-16-12-20-21-17(15)16/h1-4,6-9,12H,11,13H2,(H,19,22)(H,20,21).